The summed E-state index contributed by atoms with van der Waals surface area (Å²) in [6.07, 6.45) is 0. The summed E-state index contributed by atoms with van der Waals surface area (Å²) >= 11 is 0. The maximum Gasteiger partial charge on any atom is 0.0375 e. The molecule has 0 radical (unpaired) electrons. The monoisotopic (exact) mass is 183 g/mol. The molecule has 0 unspecified atom stereocenters. The summed E-state index contributed by atoms with van der Waals surface area (Å²) in [6, 6.07) is 8.49. The van der Waals surface area contributed by atoms with Gasteiger partial charge in [-0.15, -0.1) is 0 Å². The highest BCUT2D eigenvalue weighted by molar-refractivity contribution is 5.52. The van der Waals surface area contributed by atoms with Crippen molar-refractivity contribution in [3.05, 3.63) is 29.8 Å². The Morgan fingerprint density at radius 3 is 2.46 bits per heavy atom. The van der Waals surface area contributed by atoms with Gasteiger partial charge < -0.3 is 10.8 Å². The third kappa shape index (κ3) is 3.07. The van der Waals surface area contributed by atoms with E-state index in [1.807, 2.05) is 0 Å². The molecule has 1 aromatic carbocycles. The van der Waals surface area contributed by atoms with Crippen LogP contribution in [0.25, 0.3) is 0 Å². The van der Waals surface area contributed by atoms with Crippen molar-refractivity contribution in [1.82, 2.24) is 0 Å². The molecule has 3 N–H and O–H groups in total. The summed E-state index contributed by atoms with van der Waals surface area (Å²) in [5.41, 5.74) is 2.68. The van der Waals surface area contributed by atoms with Crippen LogP contribution in [0.15, 0.2) is 24.3 Å². The van der Waals surface area contributed by atoms with Gasteiger partial charge in [-0.25, -0.2) is 0 Å². The lowest BCUT2D eigenvalue weighted by Crippen LogP contribution is -2.01. The predicted molar refractivity (Wildman–Crippen MR) is 60.4 cm³/mol. The van der Waals surface area contributed by atoms with Crippen LogP contribution >= 0.6 is 0 Å². The van der Waals surface area contributed by atoms with Crippen molar-refractivity contribution in [2.75, 3.05) is 11.9 Å². The molecule has 0 aliphatic carbocycles. The van der Waals surface area contributed by atoms with Crippen LogP contribution < -0.4 is 5.32 Å². The van der Waals surface area contributed by atoms with Crippen LogP contribution in [-0.2, 0) is 0 Å². The van der Waals surface area contributed by atoms with E-state index in [9.17, 15) is 0 Å². The molecule has 0 heterocycles. The van der Waals surface area contributed by atoms with E-state index in [1.54, 1.807) is 0 Å². The third-order valence-electron chi connectivity index (χ3n) is 1.95. The summed E-state index contributed by atoms with van der Waals surface area (Å²) in [5, 5.41) is 3.36. The lowest BCUT2D eigenvalue weighted by molar-refractivity contribution is 0.824. The topological polar surface area (TPSA) is 43.5 Å². The molecule has 0 aliphatic rings. The Morgan fingerprint density at radius 1 is 1.31 bits per heavy atom. The zero-order chi connectivity index (χ0) is 8.97. The molecule has 76 valence electrons. The molecule has 0 saturated carbocycles. The van der Waals surface area contributed by atoms with Gasteiger partial charge in [-0.1, -0.05) is 32.0 Å². The number of para-hydroxylation sites is 1. The van der Waals surface area contributed by atoms with E-state index < -0.39 is 0 Å². The molecule has 1 rings (SSSR count). The second-order valence-electron chi connectivity index (χ2n) is 3.27. The number of hydrogen-bond acceptors (Lipinski definition) is 1. The second kappa shape index (κ2) is 5.60. The van der Waals surface area contributed by atoms with Crippen LogP contribution in [0.3, 0.4) is 0 Å². The highest BCUT2D eigenvalue weighted by atomic mass is 16.0. The standard InChI is InChI=1S/C11H17N.H2O.H2/c1-4-12-11-8-6-5-7-10(11)9(2)3;;/h5-9,12H,4H2,1-3H3;1H2;1H. The average molecular weight is 183 g/mol. The number of rotatable bonds is 3. The fourth-order valence-electron chi connectivity index (χ4n) is 1.35. The van der Waals surface area contributed by atoms with Crippen molar-refractivity contribution in [3.63, 3.8) is 0 Å². The summed E-state index contributed by atoms with van der Waals surface area (Å²) in [4.78, 5) is 0. The van der Waals surface area contributed by atoms with Crippen molar-refractivity contribution >= 4 is 5.69 Å². The fourth-order valence-corrected chi connectivity index (χ4v) is 1.35. The summed E-state index contributed by atoms with van der Waals surface area (Å²) in [7, 11) is 0. The largest absolute Gasteiger partial charge is 0.412 e. The lowest BCUT2D eigenvalue weighted by Gasteiger charge is -2.12. The lowest BCUT2D eigenvalue weighted by atomic mass is 10.0. The molecule has 0 bridgehead atoms. The molecule has 0 amide bonds. The van der Waals surface area contributed by atoms with Gasteiger partial charge in [0.1, 0.15) is 0 Å². The van der Waals surface area contributed by atoms with Crippen LogP contribution in [0.4, 0.5) is 5.69 Å². The molecule has 0 fully saturated rings. The quantitative estimate of drug-likeness (QED) is 0.769. The molecular weight excluding hydrogens is 162 g/mol. The first-order valence-electron chi connectivity index (χ1n) is 4.58. The van der Waals surface area contributed by atoms with Crippen molar-refractivity contribution in [1.29, 1.82) is 0 Å². The van der Waals surface area contributed by atoms with Crippen LogP contribution in [-0.4, -0.2) is 12.0 Å². The van der Waals surface area contributed by atoms with Gasteiger partial charge in [-0.05, 0) is 24.5 Å². The van der Waals surface area contributed by atoms with E-state index in [0.29, 0.717) is 5.92 Å². The minimum atomic E-state index is 0. The highest BCUT2D eigenvalue weighted by Crippen LogP contribution is 2.23. The number of anilines is 1. The number of nitrogens with one attached hydrogen (secondary N) is 1. The zero-order valence-electron chi connectivity index (χ0n) is 8.59. The highest BCUT2D eigenvalue weighted by Gasteiger charge is 2.03. The van der Waals surface area contributed by atoms with Gasteiger partial charge >= 0.3 is 0 Å². The van der Waals surface area contributed by atoms with Gasteiger partial charge in [0.15, 0.2) is 0 Å². The molecule has 1 aromatic rings. The first kappa shape index (κ1) is 12.0. The van der Waals surface area contributed by atoms with Gasteiger partial charge in [0.05, 0.1) is 0 Å². The van der Waals surface area contributed by atoms with Gasteiger partial charge in [-0.2, -0.15) is 0 Å². The first-order chi connectivity index (χ1) is 5.75. The van der Waals surface area contributed by atoms with E-state index in [2.05, 4.69) is 50.4 Å². The molecule has 13 heavy (non-hydrogen) atoms. The Morgan fingerprint density at radius 2 is 1.92 bits per heavy atom. The molecule has 0 aromatic heterocycles. The molecule has 2 heteroatoms. The Labute approximate surface area is 81.8 Å². The molecule has 0 saturated heterocycles. The van der Waals surface area contributed by atoms with E-state index >= 15 is 0 Å². The maximum atomic E-state index is 3.36. The molecular formula is C11H21NO. The van der Waals surface area contributed by atoms with Crippen LogP contribution in [0, 0.1) is 0 Å². The first-order valence-corrected chi connectivity index (χ1v) is 4.58. The van der Waals surface area contributed by atoms with Crippen LogP contribution in [0.2, 0.25) is 0 Å². The van der Waals surface area contributed by atoms with E-state index in [-0.39, 0.29) is 6.90 Å². The molecule has 0 atom stereocenters. The number of benzene rings is 1. The predicted octanol–water partition coefficient (Wildman–Crippen LogP) is 2.66. The van der Waals surface area contributed by atoms with E-state index in [4.69, 9.17) is 0 Å². The van der Waals surface area contributed by atoms with Crippen LogP contribution in [0.1, 0.15) is 33.7 Å². The molecule has 2 nitrogen and oxygen atoms in total. The van der Waals surface area contributed by atoms with Crippen molar-refractivity contribution in [2.24, 2.45) is 0 Å². The maximum absolute atomic E-state index is 3.36. The minimum absolute atomic E-state index is 0. The summed E-state index contributed by atoms with van der Waals surface area (Å²) in [5.74, 6) is 0.597. The Balaban J connectivity index is 0. The number of hydrogen-bond donors (Lipinski definition) is 1. The van der Waals surface area contributed by atoms with Gasteiger partial charge in [0, 0.05) is 13.7 Å². The molecule has 0 aliphatic heterocycles. The van der Waals surface area contributed by atoms with Gasteiger partial charge in [-0.3, -0.25) is 0 Å². The smallest absolute Gasteiger partial charge is 0.0375 e. The van der Waals surface area contributed by atoms with Gasteiger partial charge in [0.2, 0.25) is 0 Å². The van der Waals surface area contributed by atoms with E-state index in [0.717, 1.165) is 6.54 Å². The normalized spacial score (nSPS) is 9.54. The van der Waals surface area contributed by atoms with Crippen molar-refractivity contribution < 1.29 is 6.90 Å². The SMILES string of the molecule is CCNc1ccccc1C(C)C.O.[HH]. The van der Waals surface area contributed by atoms with Gasteiger partial charge in [0.25, 0.3) is 0 Å². The summed E-state index contributed by atoms with van der Waals surface area (Å²) in [6.45, 7) is 7.55. The Bertz CT molecular complexity index is 251. The molecule has 0 spiro atoms. The Hall–Kier alpha value is -1.02. The van der Waals surface area contributed by atoms with Crippen LogP contribution in [0.5, 0.6) is 0 Å². The average Bonchev–Trinajstić information content (AvgIpc) is 2.05. The van der Waals surface area contributed by atoms with Crippen molar-refractivity contribution in [2.45, 2.75) is 26.7 Å². The Kier molecular flexibility index (Phi) is 5.16. The summed E-state index contributed by atoms with van der Waals surface area (Å²) < 4.78 is 0. The van der Waals surface area contributed by atoms with E-state index in [1.165, 1.54) is 11.3 Å². The third-order valence-corrected chi connectivity index (χ3v) is 1.95. The second-order valence-corrected chi connectivity index (χ2v) is 3.27. The minimum Gasteiger partial charge on any atom is -0.412 e. The van der Waals surface area contributed by atoms with Crippen molar-refractivity contribution in [3.8, 4) is 0 Å². The zero-order valence-corrected chi connectivity index (χ0v) is 8.59. The fraction of sp³-hybridized carbons (Fsp3) is 0.455.